The monoisotopic (exact) mass is 242 g/mol. The highest BCUT2D eigenvalue weighted by atomic mass is 32.1. The van der Waals surface area contributed by atoms with E-state index in [9.17, 15) is 5.11 Å². The molecule has 0 fully saturated rings. The third-order valence-corrected chi connectivity index (χ3v) is 3.09. The second kappa shape index (κ2) is 7.79. The number of nitrogens with one attached hydrogen (secondary N) is 1. The molecule has 4 heteroatoms. The van der Waals surface area contributed by atoms with Gasteiger partial charge in [0.05, 0.1) is 6.10 Å². The third-order valence-electron chi connectivity index (χ3n) is 2.36. The van der Waals surface area contributed by atoms with Gasteiger partial charge < -0.3 is 10.4 Å². The topological polar surface area (TPSA) is 35.5 Å². The van der Waals surface area contributed by atoms with Crippen molar-refractivity contribution in [1.29, 1.82) is 0 Å². The van der Waals surface area contributed by atoms with Gasteiger partial charge in [-0.15, -0.1) is 0 Å². The average Bonchev–Trinajstić information content (AvgIpc) is 2.70. The first-order valence-corrected chi connectivity index (χ1v) is 6.75. The van der Waals surface area contributed by atoms with Gasteiger partial charge in [0.25, 0.3) is 0 Å². The van der Waals surface area contributed by atoms with Crippen molar-refractivity contribution >= 4 is 11.3 Å². The van der Waals surface area contributed by atoms with E-state index in [1.165, 1.54) is 5.56 Å². The van der Waals surface area contributed by atoms with E-state index in [0.717, 1.165) is 19.5 Å². The smallest absolute Gasteiger partial charge is 0.0791 e. The van der Waals surface area contributed by atoms with E-state index in [-0.39, 0.29) is 6.10 Å². The Labute approximate surface area is 102 Å². The minimum absolute atomic E-state index is 0.282. The highest BCUT2D eigenvalue weighted by molar-refractivity contribution is 7.07. The zero-order chi connectivity index (χ0) is 11.8. The molecule has 0 aliphatic heterocycles. The summed E-state index contributed by atoms with van der Waals surface area (Å²) in [5.74, 6) is 0. The maximum atomic E-state index is 9.77. The molecular formula is C12H22N2OS. The third kappa shape index (κ3) is 5.61. The van der Waals surface area contributed by atoms with Crippen LogP contribution in [0.25, 0.3) is 0 Å². The Bertz CT molecular complexity index is 264. The Morgan fingerprint density at radius 1 is 1.56 bits per heavy atom. The molecule has 1 atom stereocenters. The highest BCUT2D eigenvalue weighted by Gasteiger charge is 2.08. The van der Waals surface area contributed by atoms with Gasteiger partial charge in [-0.2, -0.15) is 11.3 Å². The van der Waals surface area contributed by atoms with Gasteiger partial charge in [-0.25, -0.2) is 0 Å². The largest absolute Gasteiger partial charge is 0.390 e. The van der Waals surface area contributed by atoms with E-state index in [0.29, 0.717) is 13.1 Å². The van der Waals surface area contributed by atoms with Crippen molar-refractivity contribution < 1.29 is 5.11 Å². The molecule has 2 N–H and O–H groups in total. The fourth-order valence-corrected chi connectivity index (χ4v) is 2.29. The lowest BCUT2D eigenvalue weighted by Gasteiger charge is -2.20. The number of nitrogens with zero attached hydrogens (tertiary/aromatic N) is 1. The summed E-state index contributed by atoms with van der Waals surface area (Å²) in [6, 6.07) is 2.13. The molecule has 0 aromatic carbocycles. The van der Waals surface area contributed by atoms with Crippen molar-refractivity contribution in [3.63, 3.8) is 0 Å². The lowest BCUT2D eigenvalue weighted by molar-refractivity contribution is 0.121. The minimum Gasteiger partial charge on any atom is -0.390 e. The van der Waals surface area contributed by atoms with Gasteiger partial charge in [0.1, 0.15) is 0 Å². The minimum atomic E-state index is -0.282. The summed E-state index contributed by atoms with van der Waals surface area (Å²) in [5.41, 5.74) is 1.32. The maximum Gasteiger partial charge on any atom is 0.0791 e. The van der Waals surface area contributed by atoms with Crippen LogP contribution >= 0.6 is 11.3 Å². The molecule has 1 unspecified atom stereocenters. The first kappa shape index (κ1) is 13.6. The van der Waals surface area contributed by atoms with Gasteiger partial charge in [0, 0.05) is 19.6 Å². The molecule has 92 valence electrons. The standard InChI is InChI=1S/C12H22N2OS/c1-3-5-13-7-12(15)9-14(2)8-11-4-6-16-10-11/h4,6,10,12-13,15H,3,5,7-9H2,1-2H3. The normalized spacial score (nSPS) is 13.2. The Balaban J connectivity index is 2.15. The average molecular weight is 242 g/mol. The predicted octanol–water partition coefficient (Wildman–Crippen LogP) is 1.54. The molecule has 0 bridgehead atoms. The molecule has 0 aliphatic carbocycles. The van der Waals surface area contributed by atoms with E-state index >= 15 is 0 Å². The van der Waals surface area contributed by atoms with Crippen molar-refractivity contribution in [2.75, 3.05) is 26.7 Å². The van der Waals surface area contributed by atoms with E-state index < -0.39 is 0 Å². The summed E-state index contributed by atoms with van der Waals surface area (Å²) in [6.45, 7) is 5.41. The molecule has 0 saturated heterocycles. The van der Waals surface area contributed by atoms with Gasteiger partial charge in [-0.05, 0) is 42.4 Å². The van der Waals surface area contributed by atoms with Crippen molar-refractivity contribution in [3.05, 3.63) is 22.4 Å². The van der Waals surface area contributed by atoms with Crippen LogP contribution in [0.1, 0.15) is 18.9 Å². The summed E-state index contributed by atoms with van der Waals surface area (Å²) < 4.78 is 0. The number of thiophene rings is 1. The summed E-state index contributed by atoms with van der Waals surface area (Å²) in [5, 5.41) is 17.2. The second-order valence-electron chi connectivity index (χ2n) is 4.19. The Hall–Kier alpha value is -0.420. The lowest BCUT2D eigenvalue weighted by atomic mass is 10.3. The van der Waals surface area contributed by atoms with Crippen LogP contribution in [-0.4, -0.2) is 42.8 Å². The summed E-state index contributed by atoms with van der Waals surface area (Å²) in [4.78, 5) is 2.15. The Kier molecular flexibility index (Phi) is 6.64. The van der Waals surface area contributed by atoms with Crippen LogP contribution in [0.3, 0.4) is 0 Å². The zero-order valence-electron chi connectivity index (χ0n) is 10.1. The van der Waals surface area contributed by atoms with Crippen LogP contribution in [-0.2, 0) is 6.54 Å². The molecule has 0 radical (unpaired) electrons. The number of aliphatic hydroxyl groups excluding tert-OH is 1. The number of rotatable bonds is 8. The maximum absolute atomic E-state index is 9.77. The molecular weight excluding hydrogens is 220 g/mol. The fraction of sp³-hybridized carbons (Fsp3) is 0.667. The number of likely N-dealkylation sites (N-methyl/N-ethyl adjacent to an activating group) is 1. The summed E-state index contributed by atoms with van der Waals surface area (Å²) >= 11 is 1.72. The Morgan fingerprint density at radius 2 is 2.38 bits per heavy atom. The Morgan fingerprint density at radius 3 is 3.00 bits per heavy atom. The van der Waals surface area contributed by atoms with E-state index in [1.54, 1.807) is 11.3 Å². The summed E-state index contributed by atoms with van der Waals surface area (Å²) in [7, 11) is 2.04. The lowest BCUT2D eigenvalue weighted by Crippen LogP contribution is -2.36. The van der Waals surface area contributed by atoms with E-state index in [2.05, 4.69) is 34.0 Å². The van der Waals surface area contributed by atoms with Crippen LogP contribution in [0.5, 0.6) is 0 Å². The second-order valence-corrected chi connectivity index (χ2v) is 4.97. The molecule has 1 aromatic rings. The first-order chi connectivity index (χ1) is 7.72. The van der Waals surface area contributed by atoms with Crippen molar-refractivity contribution in [3.8, 4) is 0 Å². The highest BCUT2D eigenvalue weighted by Crippen LogP contribution is 2.08. The molecule has 16 heavy (non-hydrogen) atoms. The van der Waals surface area contributed by atoms with Crippen LogP contribution in [0.4, 0.5) is 0 Å². The van der Waals surface area contributed by atoms with Crippen LogP contribution in [0.2, 0.25) is 0 Å². The van der Waals surface area contributed by atoms with Crippen LogP contribution < -0.4 is 5.32 Å². The molecule has 1 heterocycles. The first-order valence-electron chi connectivity index (χ1n) is 5.80. The van der Waals surface area contributed by atoms with Crippen LogP contribution in [0.15, 0.2) is 16.8 Å². The van der Waals surface area contributed by atoms with Gasteiger partial charge >= 0.3 is 0 Å². The van der Waals surface area contributed by atoms with Crippen LogP contribution in [0, 0.1) is 0 Å². The molecule has 1 aromatic heterocycles. The van der Waals surface area contributed by atoms with Crippen molar-refractivity contribution in [2.45, 2.75) is 26.0 Å². The van der Waals surface area contributed by atoms with Gasteiger partial charge in [-0.1, -0.05) is 6.92 Å². The molecule has 0 saturated carbocycles. The van der Waals surface area contributed by atoms with Gasteiger partial charge in [0.15, 0.2) is 0 Å². The fourth-order valence-electron chi connectivity index (χ4n) is 1.63. The number of hydrogen-bond donors (Lipinski definition) is 2. The molecule has 3 nitrogen and oxygen atoms in total. The van der Waals surface area contributed by atoms with Crippen molar-refractivity contribution in [2.24, 2.45) is 0 Å². The molecule has 0 aliphatic rings. The van der Waals surface area contributed by atoms with E-state index in [1.807, 2.05) is 7.05 Å². The molecule has 0 amide bonds. The SMILES string of the molecule is CCCNCC(O)CN(C)Cc1ccsc1. The number of aliphatic hydroxyl groups is 1. The molecule has 1 rings (SSSR count). The summed E-state index contributed by atoms with van der Waals surface area (Å²) in [6.07, 6.45) is 0.826. The van der Waals surface area contributed by atoms with E-state index in [4.69, 9.17) is 0 Å². The predicted molar refractivity (Wildman–Crippen MR) is 69.8 cm³/mol. The van der Waals surface area contributed by atoms with Crippen molar-refractivity contribution in [1.82, 2.24) is 10.2 Å². The quantitative estimate of drug-likeness (QED) is 0.679. The molecule has 0 spiro atoms. The zero-order valence-corrected chi connectivity index (χ0v) is 11.0. The van der Waals surface area contributed by atoms with Gasteiger partial charge in [-0.3, -0.25) is 4.90 Å². The number of hydrogen-bond acceptors (Lipinski definition) is 4. The van der Waals surface area contributed by atoms with Gasteiger partial charge in [0.2, 0.25) is 0 Å².